The van der Waals surface area contributed by atoms with Gasteiger partial charge in [-0.2, -0.15) is 0 Å². The highest BCUT2D eigenvalue weighted by atomic mass is 32.2. The predicted octanol–water partition coefficient (Wildman–Crippen LogP) is 3.58. The Balaban J connectivity index is 2.04. The predicted molar refractivity (Wildman–Crippen MR) is 77.4 cm³/mol. The van der Waals surface area contributed by atoms with Crippen molar-refractivity contribution in [1.82, 2.24) is 0 Å². The summed E-state index contributed by atoms with van der Waals surface area (Å²) in [5.41, 5.74) is 1.41. The zero-order valence-electron chi connectivity index (χ0n) is 10.4. The van der Waals surface area contributed by atoms with Gasteiger partial charge in [-0.3, -0.25) is 9.59 Å². The Hall–Kier alpha value is -2.07. The minimum atomic E-state index is -0.110. The van der Waals surface area contributed by atoms with Crippen molar-refractivity contribution >= 4 is 28.5 Å². The second kappa shape index (κ2) is 6.20. The molecular weight excluding hydrogens is 258 g/mol. The average molecular weight is 271 g/mol. The van der Waals surface area contributed by atoms with Gasteiger partial charge in [0.25, 0.3) is 0 Å². The summed E-state index contributed by atoms with van der Waals surface area (Å²) in [6, 6.07) is 16.3. The molecule has 0 bridgehead atoms. The molecule has 2 aromatic carbocycles. The highest BCUT2D eigenvalue weighted by Crippen LogP contribution is 2.24. The number of carbonyl (C=O) groups excluding carboxylic acids is 2. The molecule has 0 aliphatic rings. The molecule has 2 aromatic rings. The number of rotatable bonds is 3. The van der Waals surface area contributed by atoms with Gasteiger partial charge in [0.05, 0.1) is 0 Å². The Morgan fingerprint density at radius 1 is 0.947 bits per heavy atom. The molecule has 0 spiro atoms. The maximum Gasteiger partial charge on any atom is 0.224 e. The van der Waals surface area contributed by atoms with Gasteiger partial charge in [0, 0.05) is 23.1 Å². The first-order valence-electron chi connectivity index (χ1n) is 5.80. The lowest BCUT2D eigenvalue weighted by Gasteiger charge is -2.04. The summed E-state index contributed by atoms with van der Waals surface area (Å²) in [5, 5.41) is 2.69. The molecule has 0 unspecified atom stereocenters. The van der Waals surface area contributed by atoms with Gasteiger partial charge in [0.1, 0.15) is 0 Å². The number of thioether (sulfide) groups is 1. The zero-order valence-corrected chi connectivity index (χ0v) is 11.2. The van der Waals surface area contributed by atoms with Gasteiger partial charge in [-0.25, -0.2) is 0 Å². The summed E-state index contributed by atoms with van der Waals surface area (Å²) < 4.78 is 0. The van der Waals surface area contributed by atoms with Crippen LogP contribution in [0.3, 0.4) is 0 Å². The molecule has 96 valence electrons. The van der Waals surface area contributed by atoms with E-state index >= 15 is 0 Å². The normalized spacial score (nSPS) is 9.95. The Bertz CT molecular complexity index is 579. The zero-order chi connectivity index (χ0) is 13.7. The highest BCUT2D eigenvalue weighted by Gasteiger charge is 2.07. The first kappa shape index (κ1) is 13.4. The standard InChI is InChI=1S/C15H13NO2S/c1-11(17)16-13-7-9-14(10-8-13)19-15(18)12-5-3-2-4-6-12/h2-10H,1H3,(H,16,17). The molecule has 0 heterocycles. The van der Waals surface area contributed by atoms with E-state index in [-0.39, 0.29) is 11.0 Å². The molecule has 1 N–H and O–H groups in total. The maximum absolute atomic E-state index is 12.0. The molecule has 0 aromatic heterocycles. The minimum Gasteiger partial charge on any atom is -0.326 e. The van der Waals surface area contributed by atoms with Crippen LogP contribution in [0.1, 0.15) is 17.3 Å². The van der Waals surface area contributed by atoms with E-state index in [2.05, 4.69) is 5.32 Å². The van der Waals surface area contributed by atoms with Crippen molar-refractivity contribution in [1.29, 1.82) is 0 Å². The lowest BCUT2D eigenvalue weighted by atomic mass is 10.2. The first-order chi connectivity index (χ1) is 9.15. The van der Waals surface area contributed by atoms with Gasteiger partial charge in [-0.05, 0) is 36.0 Å². The van der Waals surface area contributed by atoms with E-state index in [0.29, 0.717) is 5.56 Å². The quantitative estimate of drug-likeness (QED) is 0.868. The van der Waals surface area contributed by atoms with Crippen LogP contribution < -0.4 is 5.32 Å². The molecule has 0 saturated carbocycles. The van der Waals surface area contributed by atoms with Crippen LogP contribution in [0.15, 0.2) is 59.5 Å². The number of hydrogen-bond acceptors (Lipinski definition) is 3. The summed E-state index contributed by atoms with van der Waals surface area (Å²) in [7, 11) is 0. The smallest absolute Gasteiger partial charge is 0.224 e. The number of benzene rings is 2. The van der Waals surface area contributed by atoms with E-state index in [1.807, 2.05) is 30.3 Å². The molecule has 0 aliphatic carbocycles. The van der Waals surface area contributed by atoms with Gasteiger partial charge in [0.2, 0.25) is 11.0 Å². The minimum absolute atomic E-state index is 0.00729. The summed E-state index contributed by atoms with van der Waals surface area (Å²) in [4.78, 5) is 23.7. The fraction of sp³-hybridized carbons (Fsp3) is 0.0667. The molecule has 0 radical (unpaired) electrons. The third kappa shape index (κ3) is 3.96. The Labute approximate surface area is 116 Å². The second-order valence-corrected chi connectivity index (χ2v) is 5.01. The van der Waals surface area contributed by atoms with E-state index in [0.717, 1.165) is 10.6 Å². The van der Waals surface area contributed by atoms with Gasteiger partial charge in [-0.1, -0.05) is 30.3 Å². The molecular formula is C15H13NO2S. The van der Waals surface area contributed by atoms with Crippen molar-refractivity contribution in [2.75, 3.05) is 5.32 Å². The monoisotopic (exact) mass is 271 g/mol. The molecule has 0 aliphatic heterocycles. The van der Waals surface area contributed by atoms with Crippen LogP contribution in [0, 0.1) is 0 Å². The van der Waals surface area contributed by atoms with Crippen LogP contribution in [-0.4, -0.2) is 11.0 Å². The third-order valence-corrected chi connectivity index (χ3v) is 3.32. The number of hydrogen-bond donors (Lipinski definition) is 1. The maximum atomic E-state index is 12.0. The lowest BCUT2D eigenvalue weighted by molar-refractivity contribution is -0.114. The van der Waals surface area contributed by atoms with E-state index in [1.54, 1.807) is 24.3 Å². The Morgan fingerprint density at radius 3 is 2.16 bits per heavy atom. The topological polar surface area (TPSA) is 46.2 Å². The fourth-order valence-corrected chi connectivity index (χ4v) is 2.29. The molecule has 3 nitrogen and oxygen atoms in total. The third-order valence-electron chi connectivity index (χ3n) is 2.39. The Morgan fingerprint density at radius 2 is 1.58 bits per heavy atom. The molecule has 0 atom stereocenters. The molecule has 4 heteroatoms. The van der Waals surface area contributed by atoms with Crippen molar-refractivity contribution in [2.24, 2.45) is 0 Å². The van der Waals surface area contributed by atoms with Crippen LogP contribution in [0.5, 0.6) is 0 Å². The summed E-state index contributed by atoms with van der Waals surface area (Å²) in [6.07, 6.45) is 0. The summed E-state index contributed by atoms with van der Waals surface area (Å²) >= 11 is 1.17. The molecule has 19 heavy (non-hydrogen) atoms. The van der Waals surface area contributed by atoms with Crippen LogP contribution >= 0.6 is 11.8 Å². The number of carbonyl (C=O) groups is 2. The lowest BCUT2D eigenvalue weighted by Crippen LogP contribution is -2.05. The van der Waals surface area contributed by atoms with Crippen LogP contribution in [0.4, 0.5) is 5.69 Å². The highest BCUT2D eigenvalue weighted by molar-refractivity contribution is 8.14. The van der Waals surface area contributed by atoms with Crippen molar-refractivity contribution in [3.63, 3.8) is 0 Å². The summed E-state index contributed by atoms with van der Waals surface area (Å²) in [5.74, 6) is -0.110. The Kier molecular flexibility index (Phi) is 4.36. The SMILES string of the molecule is CC(=O)Nc1ccc(SC(=O)c2ccccc2)cc1. The number of anilines is 1. The molecule has 1 amide bonds. The fourth-order valence-electron chi connectivity index (χ4n) is 1.55. The van der Waals surface area contributed by atoms with E-state index < -0.39 is 0 Å². The molecule has 0 fully saturated rings. The number of nitrogens with one attached hydrogen (secondary N) is 1. The second-order valence-electron chi connectivity index (χ2n) is 3.96. The van der Waals surface area contributed by atoms with E-state index in [4.69, 9.17) is 0 Å². The van der Waals surface area contributed by atoms with Crippen molar-refractivity contribution in [3.05, 3.63) is 60.2 Å². The van der Waals surface area contributed by atoms with Gasteiger partial charge in [-0.15, -0.1) is 0 Å². The first-order valence-corrected chi connectivity index (χ1v) is 6.62. The van der Waals surface area contributed by atoms with Crippen LogP contribution in [-0.2, 0) is 4.79 Å². The largest absolute Gasteiger partial charge is 0.326 e. The average Bonchev–Trinajstić information content (AvgIpc) is 2.41. The molecule has 2 rings (SSSR count). The van der Waals surface area contributed by atoms with Crippen molar-refractivity contribution < 1.29 is 9.59 Å². The summed E-state index contributed by atoms with van der Waals surface area (Å²) in [6.45, 7) is 1.46. The van der Waals surface area contributed by atoms with Crippen molar-refractivity contribution in [3.8, 4) is 0 Å². The van der Waals surface area contributed by atoms with E-state index in [9.17, 15) is 9.59 Å². The van der Waals surface area contributed by atoms with Crippen LogP contribution in [0.25, 0.3) is 0 Å². The van der Waals surface area contributed by atoms with Crippen LogP contribution in [0.2, 0.25) is 0 Å². The van der Waals surface area contributed by atoms with Gasteiger partial charge < -0.3 is 5.32 Å². The van der Waals surface area contributed by atoms with Crippen molar-refractivity contribution in [2.45, 2.75) is 11.8 Å². The molecule has 0 saturated heterocycles. The van der Waals surface area contributed by atoms with Gasteiger partial charge in [0.15, 0.2) is 0 Å². The van der Waals surface area contributed by atoms with E-state index in [1.165, 1.54) is 18.7 Å². The number of amides is 1. The van der Waals surface area contributed by atoms with Gasteiger partial charge >= 0.3 is 0 Å².